The van der Waals surface area contributed by atoms with Crippen LogP contribution in [-0.4, -0.2) is 12.1 Å². The molecule has 1 aliphatic heterocycles. The topological polar surface area (TPSA) is 26.3 Å². The average Bonchev–Trinajstić information content (AvgIpc) is 2.75. The fourth-order valence-corrected chi connectivity index (χ4v) is 3.76. The summed E-state index contributed by atoms with van der Waals surface area (Å²) in [6, 6.07) is 0. The van der Waals surface area contributed by atoms with Crippen molar-refractivity contribution in [2.45, 2.75) is 46.1 Å². The number of esters is 1. The third-order valence-electron chi connectivity index (χ3n) is 4.93. The van der Waals surface area contributed by atoms with Crippen molar-refractivity contribution in [3.05, 3.63) is 22.8 Å². The first-order valence-corrected chi connectivity index (χ1v) is 6.65. The molecule has 0 saturated carbocycles. The molecule has 4 atom stereocenters. The Morgan fingerprint density at radius 3 is 2.88 bits per heavy atom. The van der Waals surface area contributed by atoms with Crippen LogP contribution in [0.4, 0.5) is 0 Å². The zero-order chi connectivity index (χ0) is 12.2. The number of hydrogen-bond acceptors (Lipinski definition) is 2. The quantitative estimate of drug-likeness (QED) is 0.473. The third kappa shape index (κ3) is 1.50. The Morgan fingerprint density at radius 2 is 2.12 bits per heavy atom. The largest absolute Gasteiger partial charge is 0.461 e. The van der Waals surface area contributed by atoms with E-state index in [1.807, 2.05) is 6.92 Å². The van der Waals surface area contributed by atoms with Crippen LogP contribution in [0.3, 0.4) is 0 Å². The van der Waals surface area contributed by atoms with Gasteiger partial charge in [-0.25, -0.2) is 0 Å². The van der Waals surface area contributed by atoms with Gasteiger partial charge in [0.25, 0.3) is 0 Å². The number of allylic oxidation sites excluding steroid dienone is 2. The van der Waals surface area contributed by atoms with Crippen molar-refractivity contribution in [1.82, 2.24) is 0 Å². The number of hydrogen-bond donors (Lipinski definition) is 0. The van der Waals surface area contributed by atoms with Gasteiger partial charge in [0.05, 0.1) is 5.92 Å². The first kappa shape index (κ1) is 11.1. The van der Waals surface area contributed by atoms with Crippen molar-refractivity contribution in [1.29, 1.82) is 0 Å². The summed E-state index contributed by atoms with van der Waals surface area (Å²) in [6.07, 6.45) is 5.73. The molecular weight excluding hydrogens is 212 g/mol. The molecule has 17 heavy (non-hydrogen) atoms. The van der Waals surface area contributed by atoms with Crippen LogP contribution >= 0.6 is 0 Å². The minimum absolute atomic E-state index is 0.0126. The van der Waals surface area contributed by atoms with E-state index in [4.69, 9.17) is 4.74 Å². The molecule has 0 bridgehead atoms. The molecule has 0 aromatic rings. The number of ether oxygens (including phenoxy) is 1. The van der Waals surface area contributed by atoms with E-state index in [9.17, 15) is 4.79 Å². The van der Waals surface area contributed by atoms with Crippen LogP contribution in [0.1, 0.15) is 40.0 Å². The number of fused-ring (bicyclic) bond motifs is 3. The van der Waals surface area contributed by atoms with Crippen LogP contribution in [0.5, 0.6) is 0 Å². The molecule has 0 radical (unpaired) electrons. The van der Waals surface area contributed by atoms with Gasteiger partial charge in [0.2, 0.25) is 0 Å². The summed E-state index contributed by atoms with van der Waals surface area (Å²) in [5, 5.41) is 0. The van der Waals surface area contributed by atoms with Gasteiger partial charge in [-0.3, -0.25) is 4.79 Å². The Bertz CT molecular complexity index is 430. The summed E-state index contributed by atoms with van der Waals surface area (Å²) in [7, 11) is 0. The van der Waals surface area contributed by atoms with Crippen LogP contribution < -0.4 is 0 Å². The van der Waals surface area contributed by atoms with Crippen LogP contribution in [-0.2, 0) is 9.53 Å². The second-order valence-electron chi connectivity index (χ2n) is 5.83. The standard InChI is InChI=1S/C15H20O2/c1-8-4-7-12-10(3)15(16)17-14(12)13-9(2)5-6-11(8)13/h5,10,12-14H,4,6-7H2,1-3H3/t10-,12-,13-,14-/m0/s1. The summed E-state index contributed by atoms with van der Waals surface area (Å²) in [4.78, 5) is 11.8. The molecular formula is C15H20O2. The number of carbonyl (C=O) groups is 1. The average molecular weight is 232 g/mol. The second-order valence-corrected chi connectivity index (χ2v) is 5.83. The van der Waals surface area contributed by atoms with Crippen LogP contribution in [0.2, 0.25) is 0 Å². The zero-order valence-corrected chi connectivity index (χ0v) is 10.8. The van der Waals surface area contributed by atoms with E-state index in [1.165, 1.54) is 16.7 Å². The molecule has 1 heterocycles. The lowest BCUT2D eigenvalue weighted by Crippen LogP contribution is -2.27. The highest BCUT2D eigenvalue weighted by molar-refractivity contribution is 5.75. The SMILES string of the molecule is CC1=CCC2=C(C)CC[C@@H]3[C@H](OC(=O)[C@H]3C)[C@@H]12. The number of rotatable bonds is 0. The van der Waals surface area contributed by atoms with Gasteiger partial charge in [-0.1, -0.05) is 29.7 Å². The van der Waals surface area contributed by atoms with Gasteiger partial charge < -0.3 is 4.74 Å². The molecule has 2 aliphatic carbocycles. The van der Waals surface area contributed by atoms with Crippen molar-refractivity contribution in [3.63, 3.8) is 0 Å². The lowest BCUT2D eigenvalue weighted by Gasteiger charge is -2.25. The van der Waals surface area contributed by atoms with E-state index in [0.29, 0.717) is 11.8 Å². The van der Waals surface area contributed by atoms with Gasteiger partial charge in [0, 0.05) is 11.8 Å². The third-order valence-corrected chi connectivity index (χ3v) is 4.93. The molecule has 3 aliphatic rings. The molecule has 0 amide bonds. The molecule has 92 valence electrons. The van der Waals surface area contributed by atoms with Gasteiger partial charge >= 0.3 is 5.97 Å². The zero-order valence-electron chi connectivity index (χ0n) is 10.8. The smallest absolute Gasteiger partial charge is 0.309 e. The van der Waals surface area contributed by atoms with E-state index in [1.54, 1.807) is 0 Å². The van der Waals surface area contributed by atoms with Gasteiger partial charge in [0.15, 0.2) is 0 Å². The highest BCUT2D eigenvalue weighted by atomic mass is 16.6. The van der Waals surface area contributed by atoms with E-state index in [0.717, 1.165) is 19.3 Å². The van der Waals surface area contributed by atoms with Crippen LogP contribution in [0.25, 0.3) is 0 Å². The van der Waals surface area contributed by atoms with Gasteiger partial charge in [-0.15, -0.1) is 0 Å². The predicted molar refractivity (Wildman–Crippen MR) is 66.3 cm³/mol. The highest BCUT2D eigenvalue weighted by Crippen LogP contribution is 2.48. The molecule has 3 rings (SSSR count). The summed E-state index contributed by atoms with van der Waals surface area (Å²) < 4.78 is 5.68. The molecule has 0 aromatic heterocycles. The van der Waals surface area contributed by atoms with Gasteiger partial charge in [-0.05, 0) is 33.1 Å². The van der Waals surface area contributed by atoms with Crippen LogP contribution in [0.15, 0.2) is 22.8 Å². The fraction of sp³-hybridized carbons (Fsp3) is 0.667. The van der Waals surface area contributed by atoms with Crippen molar-refractivity contribution >= 4 is 5.97 Å². The van der Waals surface area contributed by atoms with Crippen molar-refractivity contribution in [2.24, 2.45) is 17.8 Å². The maximum atomic E-state index is 11.8. The van der Waals surface area contributed by atoms with Crippen molar-refractivity contribution in [3.8, 4) is 0 Å². The van der Waals surface area contributed by atoms with Crippen LogP contribution in [0, 0.1) is 17.8 Å². The van der Waals surface area contributed by atoms with E-state index in [-0.39, 0.29) is 18.0 Å². The van der Waals surface area contributed by atoms with Crippen molar-refractivity contribution in [2.75, 3.05) is 0 Å². The summed E-state index contributed by atoms with van der Waals surface area (Å²) in [5.41, 5.74) is 4.45. The normalized spacial score (nSPS) is 40.6. The molecule has 0 aromatic carbocycles. The Kier molecular flexibility index (Phi) is 2.42. The minimum atomic E-state index is 0.0126. The lowest BCUT2D eigenvalue weighted by molar-refractivity contribution is -0.144. The molecule has 0 unspecified atom stereocenters. The summed E-state index contributed by atoms with van der Waals surface area (Å²) in [6.45, 7) is 6.47. The van der Waals surface area contributed by atoms with Gasteiger partial charge in [0.1, 0.15) is 6.10 Å². The number of carbonyl (C=O) groups excluding carboxylic acids is 1. The summed E-state index contributed by atoms with van der Waals surface area (Å²) in [5.74, 6) is 0.900. The molecule has 1 fully saturated rings. The van der Waals surface area contributed by atoms with Gasteiger partial charge in [-0.2, -0.15) is 0 Å². The molecule has 0 N–H and O–H groups in total. The maximum absolute atomic E-state index is 11.8. The monoisotopic (exact) mass is 232 g/mol. The molecule has 2 heteroatoms. The Balaban J connectivity index is 2.02. The minimum Gasteiger partial charge on any atom is -0.461 e. The van der Waals surface area contributed by atoms with E-state index >= 15 is 0 Å². The Morgan fingerprint density at radius 1 is 1.35 bits per heavy atom. The van der Waals surface area contributed by atoms with E-state index < -0.39 is 0 Å². The predicted octanol–water partition coefficient (Wildman–Crippen LogP) is 3.24. The molecule has 2 nitrogen and oxygen atoms in total. The maximum Gasteiger partial charge on any atom is 0.309 e. The highest BCUT2D eigenvalue weighted by Gasteiger charge is 2.48. The Hall–Kier alpha value is -1.05. The van der Waals surface area contributed by atoms with Crippen molar-refractivity contribution < 1.29 is 9.53 Å². The first-order chi connectivity index (χ1) is 8.09. The fourth-order valence-electron chi connectivity index (χ4n) is 3.76. The second kappa shape index (κ2) is 3.72. The summed E-state index contributed by atoms with van der Waals surface area (Å²) >= 11 is 0. The first-order valence-electron chi connectivity index (χ1n) is 6.65. The molecule has 1 saturated heterocycles. The Labute approximate surface area is 103 Å². The van der Waals surface area contributed by atoms with E-state index in [2.05, 4.69) is 19.9 Å². The lowest BCUT2D eigenvalue weighted by atomic mass is 9.81. The molecule has 0 spiro atoms.